The van der Waals surface area contributed by atoms with E-state index in [1.165, 1.54) is 0 Å². The molecule has 0 N–H and O–H groups in total. The summed E-state index contributed by atoms with van der Waals surface area (Å²) in [7, 11) is 0. The molecule has 5 heteroatoms. The molecule has 0 aliphatic rings. The topological polar surface area (TPSA) is 65.0 Å². The number of nitrogens with zero attached hydrogens (tertiary/aromatic N) is 3. The molecule has 0 radical (unpaired) electrons. The van der Waals surface area contributed by atoms with Gasteiger partial charge in [-0.25, -0.2) is 15.0 Å². The van der Waals surface area contributed by atoms with Crippen LogP contribution in [0.1, 0.15) is 6.85 Å². The van der Waals surface area contributed by atoms with Crippen molar-refractivity contribution in [2.45, 2.75) is 0 Å². The first-order chi connectivity index (χ1) is 23.9. The molecule has 0 aliphatic carbocycles. The fraction of sp³-hybridized carbons (Fsp3) is 0. The molecule has 3 heterocycles. The summed E-state index contributed by atoms with van der Waals surface area (Å²) in [6.07, 6.45) is 0. The van der Waals surface area contributed by atoms with Crippen LogP contribution in [0.25, 0.3) is 89.2 Å². The van der Waals surface area contributed by atoms with E-state index in [1.807, 2.05) is 97.1 Å². The molecule has 0 unspecified atom stereocenters. The van der Waals surface area contributed by atoms with Crippen molar-refractivity contribution in [3.63, 3.8) is 0 Å². The largest absolute Gasteiger partial charge is 0.456 e. The molecule has 0 amide bonds. The second kappa shape index (κ2) is 9.75. The molecular weight excluding hydrogens is 542 g/mol. The van der Waals surface area contributed by atoms with Gasteiger partial charge in [-0.3, -0.25) is 0 Å². The van der Waals surface area contributed by atoms with E-state index >= 15 is 0 Å². The highest BCUT2D eigenvalue weighted by molar-refractivity contribution is 6.12. The highest BCUT2D eigenvalue weighted by Crippen LogP contribution is 2.38. The van der Waals surface area contributed by atoms with Crippen molar-refractivity contribution < 1.29 is 15.7 Å². The lowest BCUT2D eigenvalue weighted by molar-refractivity contribution is 0.668. The minimum atomic E-state index is -0.428. The summed E-state index contributed by atoms with van der Waals surface area (Å²) in [5, 5.41) is 3.59. The summed E-state index contributed by atoms with van der Waals surface area (Å²) in [5.74, 6) is 1.50. The molecule has 206 valence electrons. The summed E-state index contributed by atoms with van der Waals surface area (Å²) in [6.45, 7) is 0. The van der Waals surface area contributed by atoms with Crippen LogP contribution in [0, 0.1) is 0 Å². The monoisotopic (exact) mass is 570 g/mol. The Morgan fingerprint density at radius 2 is 1.07 bits per heavy atom. The quantitative estimate of drug-likeness (QED) is 0.211. The Morgan fingerprint density at radius 1 is 0.432 bits per heavy atom. The van der Waals surface area contributed by atoms with E-state index in [4.69, 9.17) is 30.6 Å². The second-order valence-corrected chi connectivity index (χ2v) is 10.5. The van der Waals surface area contributed by atoms with Gasteiger partial charge in [0.1, 0.15) is 22.3 Å². The van der Waals surface area contributed by atoms with Gasteiger partial charge in [0.15, 0.2) is 17.5 Å². The summed E-state index contributed by atoms with van der Waals surface area (Å²) in [4.78, 5) is 14.8. The maximum absolute atomic E-state index is 8.42. The normalized spacial score (nSPS) is 13.2. The van der Waals surface area contributed by atoms with E-state index in [-0.39, 0.29) is 29.7 Å². The Bertz CT molecular complexity index is 2760. The molecule has 0 fully saturated rings. The minimum absolute atomic E-state index is 0.126. The molecule has 3 aromatic heterocycles. The van der Waals surface area contributed by atoms with Crippen LogP contribution in [0.5, 0.6) is 0 Å². The van der Waals surface area contributed by atoms with E-state index in [1.54, 1.807) is 12.1 Å². The molecule has 9 rings (SSSR count). The van der Waals surface area contributed by atoms with Crippen LogP contribution in [0.3, 0.4) is 0 Å². The van der Waals surface area contributed by atoms with Gasteiger partial charge >= 0.3 is 0 Å². The molecular formula is C39H23N3O2. The Hall–Kier alpha value is -6.07. The number of benzene rings is 6. The Balaban J connectivity index is 1.21. The van der Waals surface area contributed by atoms with Gasteiger partial charge in [0.05, 0.1) is 6.85 Å². The van der Waals surface area contributed by atoms with E-state index in [2.05, 4.69) is 0 Å². The molecule has 9 aromatic rings. The molecule has 0 saturated carbocycles. The van der Waals surface area contributed by atoms with Gasteiger partial charge in [-0.15, -0.1) is 0 Å². The highest BCUT2D eigenvalue weighted by Gasteiger charge is 2.18. The lowest BCUT2D eigenvalue weighted by Crippen LogP contribution is -2.00. The maximum Gasteiger partial charge on any atom is 0.164 e. The van der Waals surface area contributed by atoms with Gasteiger partial charge in [0, 0.05) is 38.2 Å². The highest BCUT2D eigenvalue weighted by atomic mass is 16.3. The third-order valence-corrected chi connectivity index (χ3v) is 7.83. The summed E-state index contributed by atoms with van der Waals surface area (Å²) < 4.78 is 53.5. The molecule has 44 heavy (non-hydrogen) atoms. The van der Waals surface area contributed by atoms with Crippen molar-refractivity contribution in [3.8, 4) is 45.3 Å². The summed E-state index contributed by atoms with van der Waals surface area (Å²) in [5.41, 5.74) is 5.65. The van der Waals surface area contributed by atoms with Crippen molar-refractivity contribution in [1.29, 1.82) is 0 Å². The molecule has 0 saturated heterocycles. The van der Waals surface area contributed by atoms with E-state index < -0.39 is 6.04 Å². The number of aromatic nitrogens is 3. The maximum atomic E-state index is 8.42. The first kappa shape index (κ1) is 19.9. The third-order valence-electron chi connectivity index (χ3n) is 7.83. The lowest BCUT2D eigenvalue weighted by Gasteiger charge is -2.09. The van der Waals surface area contributed by atoms with Crippen LogP contribution < -0.4 is 0 Å². The number of fused-ring (bicyclic) bond motifs is 6. The van der Waals surface area contributed by atoms with Gasteiger partial charge in [0.2, 0.25) is 0 Å². The predicted octanol–water partition coefficient (Wildman–Crippen LogP) is 10.3. The van der Waals surface area contributed by atoms with Crippen LogP contribution in [0.15, 0.2) is 148 Å². The van der Waals surface area contributed by atoms with E-state index in [0.29, 0.717) is 34.2 Å². The third kappa shape index (κ3) is 3.98. The minimum Gasteiger partial charge on any atom is -0.456 e. The first-order valence-corrected chi connectivity index (χ1v) is 14.1. The molecule has 5 nitrogen and oxygen atoms in total. The van der Waals surface area contributed by atoms with Crippen molar-refractivity contribution in [2.24, 2.45) is 0 Å². The van der Waals surface area contributed by atoms with Gasteiger partial charge in [-0.2, -0.15) is 0 Å². The number of hydrogen-bond acceptors (Lipinski definition) is 5. The van der Waals surface area contributed by atoms with Crippen molar-refractivity contribution in [2.75, 3.05) is 0 Å². The van der Waals surface area contributed by atoms with Crippen molar-refractivity contribution in [1.82, 2.24) is 15.0 Å². The van der Waals surface area contributed by atoms with Gasteiger partial charge in [-0.1, -0.05) is 103 Å². The zero-order valence-corrected chi connectivity index (χ0v) is 23.1. The van der Waals surface area contributed by atoms with Gasteiger partial charge in [-0.05, 0) is 47.5 Å². The van der Waals surface area contributed by atoms with Gasteiger partial charge in [0.25, 0.3) is 0 Å². The van der Waals surface area contributed by atoms with Crippen LogP contribution in [0.2, 0.25) is 0 Å². The lowest BCUT2D eigenvalue weighted by atomic mass is 10.0. The smallest absolute Gasteiger partial charge is 0.164 e. The van der Waals surface area contributed by atoms with Crippen LogP contribution >= 0.6 is 0 Å². The SMILES string of the molecule is [2H]c1c([2H])c([2H])c(-c2ccc3c(c2)oc2cc(-c4nc(-c5ccccc5)nc(-c5cccc6oc7ccccc7c56)n4)ccc23)c([2H])c1[2H]. The van der Waals surface area contributed by atoms with Crippen LogP contribution in [-0.4, -0.2) is 15.0 Å². The zero-order valence-electron chi connectivity index (χ0n) is 28.1. The molecule has 0 aliphatic heterocycles. The molecule has 0 atom stereocenters. The fourth-order valence-electron chi connectivity index (χ4n) is 5.77. The second-order valence-electron chi connectivity index (χ2n) is 10.5. The van der Waals surface area contributed by atoms with Crippen molar-refractivity contribution in [3.05, 3.63) is 139 Å². The molecule has 0 bridgehead atoms. The predicted molar refractivity (Wildman–Crippen MR) is 176 cm³/mol. The average molecular weight is 571 g/mol. The summed E-state index contributed by atoms with van der Waals surface area (Å²) >= 11 is 0. The average Bonchev–Trinajstić information content (AvgIpc) is 3.71. The van der Waals surface area contributed by atoms with Crippen LogP contribution in [0.4, 0.5) is 0 Å². The van der Waals surface area contributed by atoms with Gasteiger partial charge < -0.3 is 8.83 Å². The zero-order chi connectivity index (χ0) is 33.4. The Morgan fingerprint density at radius 3 is 1.89 bits per heavy atom. The standard InChI is InChI=1S/C39H23N3O2/c1-3-10-24(11-4-1)26-18-20-28-29-21-19-27(23-35(29)44-34(28)22-26)38-40-37(25-12-5-2-6-13-25)41-39(42-38)31-15-9-17-33-36(31)30-14-7-8-16-32(30)43-33/h1-23H/i1D,3D,4D,10D,11D. The fourth-order valence-corrected chi connectivity index (χ4v) is 5.77. The number of para-hydroxylation sites is 1. The van der Waals surface area contributed by atoms with Crippen LogP contribution in [-0.2, 0) is 0 Å². The van der Waals surface area contributed by atoms with E-state index in [9.17, 15) is 0 Å². The van der Waals surface area contributed by atoms with Crippen molar-refractivity contribution >= 4 is 43.9 Å². The molecule has 0 spiro atoms. The van der Waals surface area contributed by atoms with E-state index in [0.717, 1.165) is 49.4 Å². The number of hydrogen-bond donors (Lipinski definition) is 0. The summed E-state index contributed by atoms with van der Waals surface area (Å²) in [6, 6.07) is 33.0. The Labute approximate surface area is 259 Å². The molecule has 6 aromatic carbocycles. The number of rotatable bonds is 4. The first-order valence-electron chi connectivity index (χ1n) is 16.6. The Kier molecular flexibility index (Phi) is 4.42. The number of furan rings is 2.